The Hall–Kier alpha value is -4.49. The number of carbonyl (C=O) groups excluding carboxylic acids is 1. The zero-order chi connectivity index (χ0) is 26.2. The Kier molecular flexibility index (Phi) is 6.13. The molecule has 0 radical (unpaired) electrons. The highest BCUT2D eigenvalue weighted by molar-refractivity contribution is 6.30. The van der Waals surface area contributed by atoms with Gasteiger partial charge >= 0.3 is 6.03 Å². The van der Waals surface area contributed by atoms with Crippen molar-refractivity contribution < 1.29 is 18.7 Å². The number of benzene rings is 4. The number of hydrogen-bond donors (Lipinski definition) is 1. The predicted octanol–water partition coefficient (Wildman–Crippen LogP) is 7.64. The van der Waals surface area contributed by atoms with Gasteiger partial charge in [-0.2, -0.15) is 5.10 Å². The van der Waals surface area contributed by atoms with Gasteiger partial charge in [-0.25, -0.2) is 9.80 Å². The molecule has 1 atom stereocenters. The molecule has 190 valence electrons. The van der Waals surface area contributed by atoms with E-state index in [9.17, 15) is 4.79 Å². The van der Waals surface area contributed by atoms with Gasteiger partial charge in [0.15, 0.2) is 17.3 Å². The standard InChI is InChI=1S/C30H24ClN3O4/c1-36-27-15-18-7-3-5-9-22(18)28(29(27)37-2)24-17-23(26-16-19-8-4-6-10-25(19)38-26)33-34(24)30(35)32-21-13-11-20(31)12-14-21/h3-16,24H,17H2,1-2H3,(H,32,35). The van der Waals surface area contributed by atoms with Crippen molar-refractivity contribution in [2.75, 3.05) is 19.5 Å². The van der Waals surface area contributed by atoms with Gasteiger partial charge in [-0.05, 0) is 53.2 Å². The van der Waals surface area contributed by atoms with Gasteiger partial charge < -0.3 is 19.2 Å². The molecule has 1 aromatic heterocycles. The van der Waals surface area contributed by atoms with Gasteiger partial charge in [0.25, 0.3) is 0 Å². The van der Waals surface area contributed by atoms with Crippen molar-refractivity contribution in [1.29, 1.82) is 0 Å². The van der Waals surface area contributed by atoms with E-state index in [0.29, 0.717) is 40.1 Å². The maximum atomic E-state index is 13.7. The van der Waals surface area contributed by atoms with Crippen molar-refractivity contribution in [2.45, 2.75) is 12.5 Å². The monoisotopic (exact) mass is 525 g/mol. The van der Waals surface area contributed by atoms with Gasteiger partial charge in [0.1, 0.15) is 11.3 Å². The fraction of sp³-hybridized carbons (Fsp3) is 0.133. The average Bonchev–Trinajstić information content (AvgIpc) is 3.58. The molecule has 1 N–H and O–H groups in total. The Morgan fingerprint density at radius 2 is 1.71 bits per heavy atom. The number of fused-ring (bicyclic) bond motifs is 2. The smallest absolute Gasteiger partial charge is 0.342 e. The zero-order valence-corrected chi connectivity index (χ0v) is 21.5. The molecule has 4 aromatic carbocycles. The molecule has 0 fully saturated rings. The molecule has 8 heteroatoms. The lowest BCUT2D eigenvalue weighted by Crippen LogP contribution is -2.31. The first-order valence-corrected chi connectivity index (χ1v) is 12.5. The van der Waals surface area contributed by atoms with Crippen LogP contribution in [-0.2, 0) is 0 Å². The number of para-hydroxylation sites is 1. The Balaban J connectivity index is 1.48. The normalized spacial score (nSPS) is 15.1. The summed E-state index contributed by atoms with van der Waals surface area (Å²) in [6.45, 7) is 0. The van der Waals surface area contributed by atoms with Gasteiger partial charge in [-0.1, -0.05) is 54.1 Å². The summed E-state index contributed by atoms with van der Waals surface area (Å²) in [5.41, 5.74) is 2.83. The first kappa shape index (κ1) is 23.9. The van der Waals surface area contributed by atoms with Crippen molar-refractivity contribution in [3.63, 3.8) is 0 Å². The molecule has 6 rings (SSSR count). The summed E-state index contributed by atoms with van der Waals surface area (Å²) in [5.74, 6) is 1.75. The van der Waals surface area contributed by atoms with E-state index in [4.69, 9.17) is 30.6 Å². The number of amides is 2. The van der Waals surface area contributed by atoms with Crippen LogP contribution in [-0.4, -0.2) is 31.0 Å². The molecule has 5 aromatic rings. The summed E-state index contributed by atoms with van der Waals surface area (Å²) in [7, 11) is 3.20. The van der Waals surface area contributed by atoms with E-state index in [1.807, 2.05) is 60.7 Å². The number of carbonyl (C=O) groups is 1. The number of methoxy groups -OCH3 is 2. The highest BCUT2D eigenvalue weighted by Gasteiger charge is 2.38. The second-order valence-electron chi connectivity index (χ2n) is 8.94. The Morgan fingerprint density at radius 3 is 2.45 bits per heavy atom. The number of rotatable bonds is 5. The molecule has 1 aliphatic rings. The summed E-state index contributed by atoms with van der Waals surface area (Å²) < 4.78 is 17.7. The van der Waals surface area contributed by atoms with E-state index in [1.54, 1.807) is 38.5 Å². The fourth-order valence-electron chi connectivity index (χ4n) is 4.93. The number of urea groups is 1. The van der Waals surface area contributed by atoms with E-state index >= 15 is 0 Å². The molecule has 0 spiro atoms. The van der Waals surface area contributed by atoms with E-state index in [2.05, 4.69) is 5.32 Å². The average molecular weight is 526 g/mol. The Morgan fingerprint density at radius 1 is 0.974 bits per heavy atom. The summed E-state index contributed by atoms with van der Waals surface area (Å²) in [4.78, 5) is 13.7. The topological polar surface area (TPSA) is 76.3 Å². The number of nitrogens with one attached hydrogen (secondary N) is 1. The molecule has 0 aliphatic carbocycles. The minimum absolute atomic E-state index is 0.391. The first-order valence-electron chi connectivity index (χ1n) is 12.1. The second kappa shape index (κ2) is 9.76. The van der Waals surface area contributed by atoms with Gasteiger partial charge in [0, 0.05) is 28.1 Å². The van der Waals surface area contributed by atoms with E-state index in [-0.39, 0.29) is 0 Å². The maximum Gasteiger partial charge on any atom is 0.342 e. The number of nitrogens with zero attached hydrogens (tertiary/aromatic N) is 2. The predicted molar refractivity (Wildman–Crippen MR) is 149 cm³/mol. The molecule has 0 bridgehead atoms. The van der Waals surface area contributed by atoms with Gasteiger partial charge in [-0.15, -0.1) is 0 Å². The summed E-state index contributed by atoms with van der Waals surface area (Å²) in [5, 5.41) is 12.6. The third-order valence-electron chi connectivity index (χ3n) is 6.69. The third-order valence-corrected chi connectivity index (χ3v) is 6.94. The fourth-order valence-corrected chi connectivity index (χ4v) is 5.06. The van der Waals surface area contributed by atoms with Crippen LogP contribution in [0.3, 0.4) is 0 Å². The molecule has 1 aliphatic heterocycles. The SMILES string of the molecule is COc1cc2ccccc2c(C2CC(c3cc4ccccc4o3)=NN2C(=O)Nc2ccc(Cl)cc2)c1OC. The molecule has 2 amide bonds. The van der Waals surface area contributed by atoms with Crippen molar-refractivity contribution in [2.24, 2.45) is 5.10 Å². The Labute approximate surface area is 224 Å². The van der Waals surface area contributed by atoms with Crippen molar-refractivity contribution >= 4 is 50.8 Å². The Bertz CT molecular complexity index is 1660. The molecule has 7 nitrogen and oxygen atoms in total. The summed E-state index contributed by atoms with van der Waals surface area (Å²) in [6.07, 6.45) is 0.418. The summed E-state index contributed by atoms with van der Waals surface area (Å²) in [6, 6.07) is 25.7. The highest BCUT2D eigenvalue weighted by atomic mass is 35.5. The molecule has 1 unspecified atom stereocenters. The lowest BCUT2D eigenvalue weighted by molar-refractivity contribution is 0.199. The number of furan rings is 1. The minimum atomic E-state index is -0.486. The van der Waals surface area contributed by atoms with Crippen LogP contribution in [0, 0.1) is 0 Å². The van der Waals surface area contributed by atoms with Crippen LogP contribution >= 0.6 is 11.6 Å². The number of anilines is 1. The quantitative estimate of drug-likeness (QED) is 0.256. The van der Waals surface area contributed by atoms with Crippen LogP contribution in [0.1, 0.15) is 23.8 Å². The van der Waals surface area contributed by atoms with Gasteiger partial charge in [-0.3, -0.25) is 0 Å². The van der Waals surface area contributed by atoms with Gasteiger partial charge in [0.05, 0.1) is 20.3 Å². The first-order chi connectivity index (χ1) is 18.6. The molecule has 38 heavy (non-hydrogen) atoms. The van der Waals surface area contributed by atoms with Crippen LogP contribution in [0.2, 0.25) is 5.02 Å². The van der Waals surface area contributed by atoms with Gasteiger partial charge in [0.2, 0.25) is 0 Å². The molecule has 0 saturated heterocycles. The number of hydrazone groups is 1. The van der Waals surface area contributed by atoms with E-state index < -0.39 is 12.1 Å². The largest absolute Gasteiger partial charge is 0.493 e. The molecule has 0 saturated carbocycles. The van der Waals surface area contributed by atoms with Crippen LogP contribution in [0.5, 0.6) is 11.5 Å². The summed E-state index contributed by atoms with van der Waals surface area (Å²) >= 11 is 6.04. The van der Waals surface area contributed by atoms with Crippen LogP contribution < -0.4 is 14.8 Å². The minimum Gasteiger partial charge on any atom is -0.493 e. The van der Waals surface area contributed by atoms with E-state index in [1.165, 1.54) is 5.01 Å². The number of halogens is 1. The van der Waals surface area contributed by atoms with Crippen molar-refractivity contribution in [3.8, 4) is 11.5 Å². The molecule has 2 heterocycles. The van der Waals surface area contributed by atoms with Crippen LogP contribution in [0.4, 0.5) is 10.5 Å². The molecular weight excluding hydrogens is 502 g/mol. The highest BCUT2D eigenvalue weighted by Crippen LogP contribution is 2.46. The number of hydrogen-bond acceptors (Lipinski definition) is 5. The van der Waals surface area contributed by atoms with E-state index in [0.717, 1.165) is 27.3 Å². The lowest BCUT2D eigenvalue weighted by atomic mass is 9.93. The zero-order valence-electron chi connectivity index (χ0n) is 20.8. The van der Waals surface area contributed by atoms with Crippen molar-refractivity contribution in [1.82, 2.24) is 5.01 Å². The second-order valence-corrected chi connectivity index (χ2v) is 9.38. The third kappa shape index (κ3) is 4.21. The van der Waals surface area contributed by atoms with Crippen molar-refractivity contribution in [3.05, 3.63) is 101 Å². The lowest BCUT2D eigenvalue weighted by Gasteiger charge is -2.26. The van der Waals surface area contributed by atoms with Crippen LogP contribution in [0.15, 0.2) is 94.4 Å². The maximum absolute atomic E-state index is 13.7. The molecular formula is C30H24ClN3O4. The van der Waals surface area contributed by atoms with Crippen LogP contribution in [0.25, 0.3) is 21.7 Å². The number of ether oxygens (including phenoxy) is 2.